The Balaban J connectivity index is 2.11. The molecule has 18 nitrogen and oxygen atoms in total. The van der Waals surface area contributed by atoms with Gasteiger partial charge in [-0.2, -0.15) is 0 Å². The minimum Gasteiger partial charge on any atom is -0.463 e. The number of morpholine rings is 1. The number of rotatable bonds is 11. The van der Waals surface area contributed by atoms with Crippen LogP contribution in [0.25, 0.3) is 0 Å². The van der Waals surface area contributed by atoms with E-state index in [1.165, 1.54) is 17.0 Å². The second-order valence-electron chi connectivity index (χ2n) is 10.7. The van der Waals surface area contributed by atoms with E-state index in [1.807, 2.05) is 0 Å². The summed E-state index contributed by atoms with van der Waals surface area (Å²) >= 11 is 0. The molecule has 0 aromatic heterocycles. The minimum atomic E-state index is -1.73. The van der Waals surface area contributed by atoms with Gasteiger partial charge in [-0.15, -0.1) is 0 Å². The van der Waals surface area contributed by atoms with Crippen LogP contribution < -0.4 is 10.1 Å². The summed E-state index contributed by atoms with van der Waals surface area (Å²) in [5, 5.41) is 15.0. The van der Waals surface area contributed by atoms with Crippen molar-refractivity contribution in [3.63, 3.8) is 0 Å². The second kappa shape index (κ2) is 16.1. The molecule has 0 saturated carbocycles. The molecule has 1 aromatic rings. The van der Waals surface area contributed by atoms with E-state index in [0.29, 0.717) is 31.9 Å². The maximum atomic E-state index is 13.1. The number of hydrogen-bond donors (Lipinski definition) is 1. The Labute approximate surface area is 264 Å². The van der Waals surface area contributed by atoms with Gasteiger partial charge in [0.25, 0.3) is 0 Å². The van der Waals surface area contributed by atoms with Crippen molar-refractivity contribution in [1.82, 2.24) is 9.80 Å². The van der Waals surface area contributed by atoms with Gasteiger partial charge in [0, 0.05) is 59.5 Å². The monoisotopic (exact) mass is 654 g/mol. The molecular formula is C28H38N4O14. The minimum absolute atomic E-state index is 0.177. The van der Waals surface area contributed by atoms with Gasteiger partial charge in [-0.25, -0.2) is 4.79 Å². The summed E-state index contributed by atoms with van der Waals surface area (Å²) in [5.74, 6) is -3.70. The summed E-state index contributed by atoms with van der Waals surface area (Å²) in [6, 6.07) is 1.97. The number of benzene rings is 1. The number of nitro benzene ring substituents is 1. The molecule has 2 fully saturated rings. The van der Waals surface area contributed by atoms with Crippen molar-refractivity contribution in [2.45, 2.75) is 64.9 Å². The van der Waals surface area contributed by atoms with Crippen molar-refractivity contribution < 1.29 is 62.1 Å². The average Bonchev–Trinajstić information content (AvgIpc) is 2.95. The first-order valence-corrected chi connectivity index (χ1v) is 14.2. The van der Waals surface area contributed by atoms with Crippen LogP contribution in [-0.2, 0) is 54.1 Å². The van der Waals surface area contributed by atoms with Crippen LogP contribution in [0.15, 0.2) is 12.1 Å². The highest BCUT2D eigenvalue weighted by atomic mass is 16.7. The first-order chi connectivity index (χ1) is 21.7. The lowest BCUT2D eigenvalue weighted by molar-refractivity contribution is -0.387. The third-order valence-corrected chi connectivity index (χ3v) is 6.60. The summed E-state index contributed by atoms with van der Waals surface area (Å²) in [5.41, 5.74) is 0.0257. The molecule has 0 radical (unpaired) electrons. The lowest BCUT2D eigenvalue weighted by Crippen LogP contribution is -2.63. The van der Waals surface area contributed by atoms with Gasteiger partial charge in [0.05, 0.1) is 23.8 Å². The number of anilines is 1. The van der Waals surface area contributed by atoms with Crippen LogP contribution in [-0.4, -0.2) is 122 Å². The molecule has 2 amide bonds. The molecule has 0 bridgehead atoms. The van der Waals surface area contributed by atoms with Crippen molar-refractivity contribution in [2.24, 2.45) is 0 Å². The Morgan fingerprint density at radius 1 is 0.935 bits per heavy atom. The molecular weight excluding hydrogens is 616 g/mol. The second-order valence-corrected chi connectivity index (χ2v) is 10.7. The van der Waals surface area contributed by atoms with Gasteiger partial charge in [0.15, 0.2) is 12.2 Å². The molecule has 1 aromatic carbocycles. The molecule has 3 rings (SSSR count). The zero-order chi connectivity index (χ0) is 34.1. The van der Waals surface area contributed by atoms with Gasteiger partial charge < -0.3 is 48.3 Å². The molecule has 2 aliphatic rings. The summed E-state index contributed by atoms with van der Waals surface area (Å²) < 4.78 is 38.4. The molecule has 0 spiro atoms. The number of hydrogen-bond acceptors (Lipinski definition) is 15. The van der Waals surface area contributed by atoms with Gasteiger partial charge in [-0.1, -0.05) is 0 Å². The number of carbonyl (C=O) groups excluding carboxylic acids is 5. The SMILES string of the molecule is CC(=O)OC[C@H]1O[C@H](Oc2cc(NC(=O)N3CCOCC3)c(CN(C)C)cc2[N+](=O)[O-])[C@H](OC(C)=O)[C@@H](OC(C)=O)[C@H]1OC(C)=O. The topological polar surface area (TPSA) is 212 Å². The maximum Gasteiger partial charge on any atom is 0.322 e. The Hall–Kier alpha value is -4.55. The number of amides is 2. The van der Waals surface area contributed by atoms with E-state index in [-0.39, 0.29) is 12.2 Å². The van der Waals surface area contributed by atoms with Crippen LogP contribution in [0.2, 0.25) is 0 Å². The van der Waals surface area contributed by atoms with E-state index >= 15 is 0 Å². The number of urea groups is 1. The van der Waals surface area contributed by atoms with E-state index < -0.39 is 83.6 Å². The van der Waals surface area contributed by atoms with Crippen molar-refractivity contribution in [1.29, 1.82) is 0 Å². The molecule has 46 heavy (non-hydrogen) atoms. The van der Waals surface area contributed by atoms with Crippen LogP contribution in [0.1, 0.15) is 33.3 Å². The molecule has 2 aliphatic heterocycles. The average molecular weight is 655 g/mol. The molecule has 1 N–H and O–H groups in total. The van der Waals surface area contributed by atoms with Gasteiger partial charge in [-0.05, 0) is 19.7 Å². The fourth-order valence-corrected chi connectivity index (χ4v) is 4.81. The predicted octanol–water partition coefficient (Wildman–Crippen LogP) is 0.982. The van der Waals surface area contributed by atoms with Crippen molar-refractivity contribution in [3.8, 4) is 5.75 Å². The molecule has 0 aliphatic carbocycles. The maximum absolute atomic E-state index is 13.1. The zero-order valence-corrected chi connectivity index (χ0v) is 26.3. The first-order valence-electron chi connectivity index (χ1n) is 14.2. The Bertz CT molecular complexity index is 1320. The summed E-state index contributed by atoms with van der Waals surface area (Å²) in [7, 11) is 3.47. The highest BCUT2D eigenvalue weighted by Gasteiger charge is 2.53. The van der Waals surface area contributed by atoms with E-state index in [1.54, 1.807) is 19.0 Å². The smallest absolute Gasteiger partial charge is 0.322 e. The Morgan fingerprint density at radius 3 is 2.07 bits per heavy atom. The van der Waals surface area contributed by atoms with Crippen LogP contribution >= 0.6 is 0 Å². The molecule has 2 saturated heterocycles. The molecule has 254 valence electrons. The number of esters is 4. The fourth-order valence-electron chi connectivity index (χ4n) is 4.81. The van der Waals surface area contributed by atoms with Gasteiger partial charge in [-0.3, -0.25) is 29.3 Å². The largest absolute Gasteiger partial charge is 0.463 e. The number of ether oxygens (including phenoxy) is 7. The van der Waals surface area contributed by atoms with Gasteiger partial charge in [0.1, 0.15) is 12.7 Å². The lowest BCUT2D eigenvalue weighted by Gasteiger charge is -2.43. The van der Waals surface area contributed by atoms with Gasteiger partial charge >= 0.3 is 35.6 Å². The number of nitro groups is 1. The highest BCUT2D eigenvalue weighted by Crippen LogP contribution is 2.38. The van der Waals surface area contributed by atoms with Crippen LogP contribution in [0.4, 0.5) is 16.2 Å². The van der Waals surface area contributed by atoms with Crippen molar-refractivity contribution >= 4 is 41.3 Å². The predicted molar refractivity (Wildman–Crippen MR) is 154 cm³/mol. The van der Waals surface area contributed by atoms with Crippen molar-refractivity contribution in [3.05, 3.63) is 27.8 Å². The summed E-state index contributed by atoms with van der Waals surface area (Å²) in [6.45, 7) is 5.31. The number of nitrogens with one attached hydrogen (secondary N) is 1. The van der Waals surface area contributed by atoms with E-state index in [9.17, 15) is 34.1 Å². The molecule has 0 unspecified atom stereocenters. The Morgan fingerprint density at radius 2 is 1.52 bits per heavy atom. The van der Waals surface area contributed by atoms with E-state index in [4.69, 9.17) is 33.2 Å². The summed E-state index contributed by atoms with van der Waals surface area (Å²) in [6.07, 6.45) is -7.72. The van der Waals surface area contributed by atoms with Crippen LogP contribution in [0.5, 0.6) is 5.75 Å². The summed E-state index contributed by atoms with van der Waals surface area (Å²) in [4.78, 5) is 75.9. The third-order valence-electron chi connectivity index (χ3n) is 6.60. The molecule has 2 heterocycles. The highest BCUT2D eigenvalue weighted by molar-refractivity contribution is 5.91. The zero-order valence-electron chi connectivity index (χ0n) is 26.3. The fraction of sp³-hybridized carbons (Fsp3) is 0.607. The van der Waals surface area contributed by atoms with Crippen LogP contribution in [0, 0.1) is 10.1 Å². The molecule has 5 atom stereocenters. The quantitative estimate of drug-likeness (QED) is 0.152. The van der Waals surface area contributed by atoms with Crippen molar-refractivity contribution in [2.75, 3.05) is 52.3 Å². The van der Waals surface area contributed by atoms with E-state index in [2.05, 4.69) is 5.32 Å². The first kappa shape index (κ1) is 35.9. The van der Waals surface area contributed by atoms with Gasteiger partial charge in [0.2, 0.25) is 18.1 Å². The lowest BCUT2D eigenvalue weighted by atomic mass is 9.98. The molecule has 18 heteroatoms. The number of nitrogens with zero attached hydrogens (tertiary/aromatic N) is 3. The Kier molecular flexibility index (Phi) is 12.6. The number of carbonyl (C=O) groups is 5. The standard InChI is InChI=1S/C28H38N4O14/c1-15(33)41-14-23-24(42-16(2)34)25(43-17(3)35)26(44-18(4)36)27(46-23)45-22-12-20(29-28(37)31-7-9-40-10-8-31)19(13-30(5)6)11-21(22)32(38)39/h11-12,23-27H,7-10,13-14H2,1-6H3,(H,29,37)/t23-,24+,25+,26-,27+/m1/s1. The third kappa shape index (κ3) is 9.98. The normalized spacial score (nSPS) is 22.8. The van der Waals surface area contributed by atoms with Crippen LogP contribution in [0.3, 0.4) is 0 Å². The van der Waals surface area contributed by atoms with E-state index in [0.717, 1.165) is 27.7 Å².